The van der Waals surface area contributed by atoms with Gasteiger partial charge < -0.3 is 5.32 Å². The molecule has 1 aliphatic rings. The topological polar surface area (TPSA) is 32.3 Å². The SMILES string of the molecule is O=C(CN1CCC(F)C1)Nc1ccccc1C(F)(F)F. The van der Waals surface area contributed by atoms with E-state index in [1.165, 1.54) is 18.2 Å². The van der Waals surface area contributed by atoms with Crippen molar-refractivity contribution < 1.29 is 22.4 Å². The van der Waals surface area contributed by atoms with Crippen molar-refractivity contribution in [3.05, 3.63) is 29.8 Å². The number of likely N-dealkylation sites (tertiary alicyclic amines) is 1. The highest BCUT2D eigenvalue weighted by atomic mass is 19.4. The molecule has 110 valence electrons. The summed E-state index contributed by atoms with van der Waals surface area (Å²) < 4.78 is 51.2. The number of halogens is 4. The molecule has 1 saturated heterocycles. The molecular weight excluding hydrogens is 276 g/mol. The van der Waals surface area contributed by atoms with Crippen molar-refractivity contribution in [3.8, 4) is 0 Å². The van der Waals surface area contributed by atoms with Gasteiger partial charge in [-0.15, -0.1) is 0 Å². The van der Waals surface area contributed by atoms with Gasteiger partial charge in [0.1, 0.15) is 6.17 Å². The molecule has 1 unspecified atom stereocenters. The molecule has 1 N–H and O–H groups in total. The van der Waals surface area contributed by atoms with E-state index in [4.69, 9.17) is 0 Å². The molecular formula is C13H14F4N2O. The zero-order chi connectivity index (χ0) is 14.8. The van der Waals surface area contributed by atoms with Crippen LogP contribution in [0.3, 0.4) is 0 Å². The lowest BCUT2D eigenvalue weighted by atomic mass is 10.1. The van der Waals surface area contributed by atoms with Crippen LogP contribution in [0.2, 0.25) is 0 Å². The summed E-state index contributed by atoms with van der Waals surface area (Å²) in [5.41, 5.74) is -1.17. The monoisotopic (exact) mass is 290 g/mol. The number of rotatable bonds is 3. The third-order valence-corrected chi connectivity index (χ3v) is 3.09. The van der Waals surface area contributed by atoms with E-state index in [1.54, 1.807) is 4.90 Å². The quantitative estimate of drug-likeness (QED) is 0.868. The van der Waals surface area contributed by atoms with Gasteiger partial charge in [-0.2, -0.15) is 13.2 Å². The third kappa shape index (κ3) is 3.69. The molecule has 0 saturated carbocycles. The highest BCUT2D eigenvalue weighted by Gasteiger charge is 2.33. The minimum atomic E-state index is -4.53. The molecule has 1 heterocycles. The van der Waals surface area contributed by atoms with Gasteiger partial charge in [0, 0.05) is 13.1 Å². The van der Waals surface area contributed by atoms with Crippen molar-refractivity contribution in [1.82, 2.24) is 4.90 Å². The molecule has 20 heavy (non-hydrogen) atoms. The summed E-state index contributed by atoms with van der Waals surface area (Å²) in [7, 11) is 0. The molecule has 1 fully saturated rings. The van der Waals surface area contributed by atoms with Gasteiger partial charge in [0.25, 0.3) is 0 Å². The average Bonchev–Trinajstić information content (AvgIpc) is 2.73. The van der Waals surface area contributed by atoms with Gasteiger partial charge in [0.05, 0.1) is 17.8 Å². The first-order valence-electron chi connectivity index (χ1n) is 6.19. The molecule has 0 bridgehead atoms. The van der Waals surface area contributed by atoms with Gasteiger partial charge in [-0.3, -0.25) is 9.69 Å². The van der Waals surface area contributed by atoms with E-state index >= 15 is 0 Å². The van der Waals surface area contributed by atoms with Crippen LogP contribution in [0.5, 0.6) is 0 Å². The van der Waals surface area contributed by atoms with E-state index in [9.17, 15) is 22.4 Å². The molecule has 0 spiro atoms. The zero-order valence-corrected chi connectivity index (χ0v) is 10.6. The Balaban J connectivity index is 2.01. The second-order valence-corrected chi connectivity index (χ2v) is 4.71. The lowest BCUT2D eigenvalue weighted by Gasteiger charge is -2.16. The van der Waals surface area contributed by atoms with E-state index in [2.05, 4.69) is 5.32 Å². The maximum absolute atomic E-state index is 12.9. The van der Waals surface area contributed by atoms with Crippen molar-refractivity contribution in [2.45, 2.75) is 18.8 Å². The smallest absolute Gasteiger partial charge is 0.324 e. The van der Waals surface area contributed by atoms with Gasteiger partial charge >= 0.3 is 6.18 Å². The normalized spacial score (nSPS) is 20.1. The number of carbonyl (C=O) groups excluding carboxylic acids is 1. The Labute approximate surface area is 113 Å². The van der Waals surface area contributed by atoms with Crippen LogP contribution in [0.25, 0.3) is 0 Å². The molecule has 1 atom stereocenters. The van der Waals surface area contributed by atoms with Crippen molar-refractivity contribution in [1.29, 1.82) is 0 Å². The maximum atomic E-state index is 12.9. The van der Waals surface area contributed by atoms with Gasteiger partial charge in [0.15, 0.2) is 0 Å². The Morgan fingerprint density at radius 2 is 2.05 bits per heavy atom. The molecule has 7 heteroatoms. The lowest BCUT2D eigenvalue weighted by Crippen LogP contribution is -2.32. The first-order valence-corrected chi connectivity index (χ1v) is 6.19. The fourth-order valence-corrected chi connectivity index (χ4v) is 2.16. The second kappa shape index (κ2) is 5.78. The van der Waals surface area contributed by atoms with E-state index < -0.39 is 23.8 Å². The molecule has 2 rings (SSSR count). The van der Waals surface area contributed by atoms with Gasteiger partial charge in [-0.1, -0.05) is 12.1 Å². The van der Waals surface area contributed by atoms with Crippen molar-refractivity contribution in [2.75, 3.05) is 25.0 Å². The van der Waals surface area contributed by atoms with Crippen LogP contribution in [0.4, 0.5) is 23.2 Å². The summed E-state index contributed by atoms with van der Waals surface area (Å²) >= 11 is 0. The van der Waals surface area contributed by atoms with Crippen LogP contribution in [0, 0.1) is 0 Å². The first kappa shape index (κ1) is 14.8. The predicted molar refractivity (Wildman–Crippen MR) is 66.0 cm³/mol. The number of nitrogens with zero attached hydrogens (tertiary/aromatic N) is 1. The number of hydrogen-bond donors (Lipinski definition) is 1. The summed E-state index contributed by atoms with van der Waals surface area (Å²) in [6.07, 6.45) is -5.14. The van der Waals surface area contributed by atoms with E-state index in [0.29, 0.717) is 13.0 Å². The van der Waals surface area contributed by atoms with Crippen LogP contribution < -0.4 is 5.32 Å². The number of anilines is 1. The van der Waals surface area contributed by atoms with Crippen molar-refractivity contribution >= 4 is 11.6 Å². The molecule has 3 nitrogen and oxygen atoms in total. The number of benzene rings is 1. The van der Waals surface area contributed by atoms with Gasteiger partial charge in [-0.05, 0) is 18.6 Å². The molecule has 0 aliphatic carbocycles. The van der Waals surface area contributed by atoms with Crippen LogP contribution in [-0.4, -0.2) is 36.6 Å². The third-order valence-electron chi connectivity index (χ3n) is 3.09. The number of para-hydroxylation sites is 1. The molecule has 1 aromatic carbocycles. The Morgan fingerprint density at radius 1 is 1.35 bits per heavy atom. The maximum Gasteiger partial charge on any atom is 0.418 e. The van der Waals surface area contributed by atoms with E-state index in [0.717, 1.165) is 6.07 Å². The predicted octanol–water partition coefficient (Wildman–Crippen LogP) is 2.69. The van der Waals surface area contributed by atoms with E-state index in [-0.39, 0.29) is 18.8 Å². The minimum Gasteiger partial charge on any atom is -0.324 e. The van der Waals surface area contributed by atoms with Gasteiger partial charge in [0.2, 0.25) is 5.91 Å². The number of alkyl halides is 4. The van der Waals surface area contributed by atoms with Crippen LogP contribution >= 0.6 is 0 Å². The Hall–Kier alpha value is -1.63. The minimum absolute atomic E-state index is 0.105. The Morgan fingerprint density at radius 3 is 2.65 bits per heavy atom. The molecule has 0 aromatic heterocycles. The Kier molecular flexibility index (Phi) is 4.27. The standard InChI is InChI=1S/C13H14F4N2O/c14-9-5-6-19(7-9)8-12(20)18-11-4-2-1-3-10(11)13(15,16)17/h1-4,9H,5-8H2,(H,18,20). The fourth-order valence-electron chi connectivity index (χ4n) is 2.16. The summed E-state index contributed by atoms with van der Waals surface area (Å²) in [5, 5.41) is 2.24. The molecule has 1 aliphatic heterocycles. The molecule has 0 radical (unpaired) electrons. The van der Waals surface area contributed by atoms with Crippen LogP contribution in [-0.2, 0) is 11.0 Å². The zero-order valence-electron chi connectivity index (χ0n) is 10.6. The van der Waals surface area contributed by atoms with E-state index in [1.807, 2.05) is 0 Å². The number of carbonyl (C=O) groups is 1. The fraction of sp³-hybridized carbons (Fsp3) is 0.462. The summed E-state index contributed by atoms with van der Waals surface area (Å²) in [6.45, 7) is 0.483. The summed E-state index contributed by atoms with van der Waals surface area (Å²) in [5.74, 6) is -0.573. The van der Waals surface area contributed by atoms with Crippen LogP contribution in [0.15, 0.2) is 24.3 Å². The van der Waals surface area contributed by atoms with Crippen molar-refractivity contribution in [2.24, 2.45) is 0 Å². The lowest BCUT2D eigenvalue weighted by molar-refractivity contribution is -0.137. The Bertz CT molecular complexity index is 490. The number of hydrogen-bond acceptors (Lipinski definition) is 2. The average molecular weight is 290 g/mol. The molecule has 1 aromatic rings. The summed E-state index contributed by atoms with van der Waals surface area (Å²) in [4.78, 5) is 13.3. The second-order valence-electron chi connectivity index (χ2n) is 4.71. The highest BCUT2D eigenvalue weighted by Crippen LogP contribution is 2.34. The number of nitrogens with one attached hydrogen (secondary N) is 1. The summed E-state index contributed by atoms with van der Waals surface area (Å²) in [6, 6.07) is 4.77. The van der Waals surface area contributed by atoms with Gasteiger partial charge in [-0.25, -0.2) is 4.39 Å². The molecule has 1 amide bonds. The van der Waals surface area contributed by atoms with Crippen molar-refractivity contribution in [3.63, 3.8) is 0 Å². The highest BCUT2D eigenvalue weighted by molar-refractivity contribution is 5.93. The van der Waals surface area contributed by atoms with Crippen LogP contribution in [0.1, 0.15) is 12.0 Å². The number of amides is 1. The first-order chi connectivity index (χ1) is 9.36. The largest absolute Gasteiger partial charge is 0.418 e.